The number of benzene rings is 3. The van der Waals surface area contributed by atoms with Crippen LogP contribution in [0.25, 0.3) is 22.0 Å². The van der Waals surface area contributed by atoms with Crippen LogP contribution in [0.1, 0.15) is 13.3 Å². The van der Waals surface area contributed by atoms with Crippen molar-refractivity contribution in [1.82, 2.24) is 15.4 Å². The molecular weight excluding hydrogens is 402 g/mol. The molecule has 0 aliphatic carbocycles. The van der Waals surface area contributed by atoms with Gasteiger partial charge < -0.3 is 9.30 Å². The third-order valence-electron chi connectivity index (χ3n) is 5.22. The molecule has 4 aromatic rings. The molecule has 3 aromatic carbocycles. The van der Waals surface area contributed by atoms with Crippen LogP contribution in [0.3, 0.4) is 0 Å². The number of hydrogen-bond acceptors (Lipinski definition) is 3. The minimum absolute atomic E-state index is 0.104. The molecule has 0 bridgehead atoms. The first-order chi connectivity index (χ1) is 15.6. The second-order valence-electron chi connectivity index (χ2n) is 7.45. The quantitative estimate of drug-likeness (QED) is 0.432. The Morgan fingerprint density at radius 2 is 1.53 bits per heavy atom. The summed E-state index contributed by atoms with van der Waals surface area (Å²) in [5.74, 6) is -0.121. The number of aromatic nitrogens is 1. The van der Waals surface area contributed by atoms with E-state index in [0.29, 0.717) is 12.2 Å². The van der Waals surface area contributed by atoms with Crippen molar-refractivity contribution in [2.24, 2.45) is 0 Å². The van der Waals surface area contributed by atoms with Crippen molar-refractivity contribution in [2.45, 2.75) is 26.0 Å². The minimum atomic E-state index is -0.717. The number of carbonyl (C=O) groups is 2. The van der Waals surface area contributed by atoms with Crippen LogP contribution in [0.2, 0.25) is 0 Å². The summed E-state index contributed by atoms with van der Waals surface area (Å²) >= 11 is 0. The predicted octanol–water partition coefficient (Wildman–Crippen LogP) is 4.31. The fourth-order valence-corrected chi connectivity index (χ4v) is 3.53. The lowest BCUT2D eigenvalue weighted by Crippen LogP contribution is -2.48. The molecule has 32 heavy (non-hydrogen) atoms. The largest absolute Gasteiger partial charge is 0.481 e. The van der Waals surface area contributed by atoms with E-state index in [1.54, 1.807) is 0 Å². The molecule has 1 atom stereocenters. The zero-order valence-electron chi connectivity index (χ0n) is 17.8. The summed E-state index contributed by atoms with van der Waals surface area (Å²) in [5.41, 5.74) is 8.10. The Bertz CT molecular complexity index is 1200. The maximum atomic E-state index is 12.5. The highest BCUT2D eigenvalue weighted by Crippen LogP contribution is 2.23. The SMILES string of the molecule is CCC(Oc1ccc(-c2ccccc2)cc1)C(=O)NNC(=O)Cn1ccc2ccccc21. The number of hydrazine groups is 1. The third kappa shape index (κ3) is 4.98. The van der Waals surface area contributed by atoms with E-state index in [-0.39, 0.29) is 12.5 Å². The summed E-state index contributed by atoms with van der Waals surface area (Å²) in [4.78, 5) is 24.8. The third-order valence-corrected chi connectivity index (χ3v) is 5.22. The van der Waals surface area contributed by atoms with Crippen LogP contribution in [-0.4, -0.2) is 22.5 Å². The zero-order valence-corrected chi connectivity index (χ0v) is 17.8. The van der Waals surface area contributed by atoms with Gasteiger partial charge in [0.25, 0.3) is 11.8 Å². The Hall–Kier alpha value is -4.06. The van der Waals surface area contributed by atoms with Gasteiger partial charge in [-0.3, -0.25) is 20.4 Å². The van der Waals surface area contributed by atoms with Gasteiger partial charge in [-0.15, -0.1) is 0 Å². The summed E-state index contributed by atoms with van der Waals surface area (Å²) in [6.45, 7) is 1.96. The first kappa shape index (κ1) is 21.2. The van der Waals surface area contributed by atoms with Crippen molar-refractivity contribution in [2.75, 3.05) is 0 Å². The normalized spacial score (nSPS) is 11.7. The standard InChI is InChI=1S/C26H25N3O3/c1-2-24(32-22-14-12-20(13-15-22)19-8-4-3-5-9-19)26(31)28-27-25(30)18-29-17-16-21-10-6-7-11-23(21)29/h3-17,24H,2,18H2,1H3,(H,27,30)(H,28,31). The van der Waals surface area contributed by atoms with E-state index >= 15 is 0 Å². The average molecular weight is 428 g/mol. The number of nitrogens with one attached hydrogen (secondary N) is 2. The van der Waals surface area contributed by atoms with Crippen LogP contribution in [0.15, 0.2) is 91.1 Å². The van der Waals surface area contributed by atoms with Crippen molar-refractivity contribution in [3.63, 3.8) is 0 Å². The zero-order chi connectivity index (χ0) is 22.3. The van der Waals surface area contributed by atoms with Crippen molar-refractivity contribution in [3.8, 4) is 16.9 Å². The monoisotopic (exact) mass is 427 g/mol. The maximum Gasteiger partial charge on any atom is 0.279 e. The molecular formula is C26H25N3O3. The molecule has 0 aliphatic rings. The van der Waals surface area contributed by atoms with E-state index < -0.39 is 12.0 Å². The van der Waals surface area contributed by atoms with Gasteiger partial charge in [0.05, 0.1) is 0 Å². The highest BCUT2D eigenvalue weighted by atomic mass is 16.5. The molecule has 1 aromatic heterocycles. The Kier molecular flexibility index (Phi) is 6.51. The average Bonchev–Trinajstić information content (AvgIpc) is 3.24. The first-order valence-corrected chi connectivity index (χ1v) is 10.6. The van der Waals surface area contributed by atoms with Gasteiger partial charge in [0.2, 0.25) is 0 Å². The van der Waals surface area contributed by atoms with E-state index in [1.165, 1.54) is 0 Å². The van der Waals surface area contributed by atoms with Gasteiger partial charge in [0, 0.05) is 11.7 Å². The molecule has 0 fully saturated rings. The van der Waals surface area contributed by atoms with Crippen molar-refractivity contribution >= 4 is 22.7 Å². The predicted molar refractivity (Wildman–Crippen MR) is 125 cm³/mol. The summed E-state index contributed by atoms with van der Waals surface area (Å²) in [6, 6.07) is 27.4. The number of nitrogens with zero attached hydrogens (tertiary/aromatic N) is 1. The second kappa shape index (κ2) is 9.83. The molecule has 1 unspecified atom stereocenters. The van der Waals surface area contributed by atoms with Gasteiger partial charge in [-0.05, 0) is 47.2 Å². The lowest BCUT2D eigenvalue weighted by molar-refractivity contribution is -0.133. The number of carbonyl (C=O) groups excluding carboxylic acids is 2. The van der Waals surface area contributed by atoms with Crippen molar-refractivity contribution in [1.29, 1.82) is 0 Å². The smallest absolute Gasteiger partial charge is 0.279 e. The number of amides is 2. The molecule has 0 radical (unpaired) electrons. The molecule has 0 aliphatic heterocycles. The molecule has 1 heterocycles. The highest BCUT2D eigenvalue weighted by molar-refractivity contribution is 5.86. The summed E-state index contributed by atoms with van der Waals surface area (Å²) < 4.78 is 7.68. The number of ether oxygens (including phenoxy) is 1. The van der Waals surface area contributed by atoms with E-state index in [1.807, 2.05) is 103 Å². The van der Waals surface area contributed by atoms with E-state index in [0.717, 1.165) is 22.0 Å². The Morgan fingerprint density at radius 3 is 2.28 bits per heavy atom. The van der Waals surface area contributed by atoms with Gasteiger partial charge >= 0.3 is 0 Å². The Morgan fingerprint density at radius 1 is 0.844 bits per heavy atom. The van der Waals surface area contributed by atoms with Gasteiger partial charge in [-0.2, -0.15) is 0 Å². The Labute approximate surface area is 186 Å². The van der Waals surface area contributed by atoms with Crippen LogP contribution >= 0.6 is 0 Å². The van der Waals surface area contributed by atoms with Crippen LogP contribution in [0, 0.1) is 0 Å². The fourth-order valence-electron chi connectivity index (χ4n) is 3.53. The molecule has 0 saturated heterocycles. The van der Waals surface area contributed by atoms with Crippen LogP contribution in [0.4, 0.5) is 0 Å². The number of fused-ring (bicyclic) bond motifs is 1. The molecule has 2 amide bonds. The molecule has 2 N–H and O–H groups in total. The molecule has 4 rings (SSSR count). The van der Waals surface area contributed by atoms with E-state index in [4.69, 9.17) is 4.74 Å². The molecule has 6 nitrogen and oxygen atoms in total. The van der Waals surface area contributed by atoms with Crippen molar-refractivity contribution in [3.05, 3.63) is 91.1 Å². The van der Waals surface area contributed by atoms with Crippen LogP contribution in [0.5, 0.6) is 5.75 Å². The van der Waals surface area contributed by atoms with E-state index in [2.05, 4.69) is 10.9 Å². The minimum Gasteiger partial charge on any atom is -0.481 e. The summed E-state index contributed by atoms with van der Waals surface area (Å²) in [7, 11) is 0. The maximum absolute atomic E-state index is 12.5. The summed E-state index contributed by atoms with van der Waals surface area (Å²) in [5, 5.41) is 1.06. The number of para-hydroxylation sites is 1. The molecule has 0 spiro atoms. The lowest BCUT2D eigenvalue weighted by atomic mass is 10.1. The van der Waals surface area contributed by atoms with E-state index in [9.17, 15) is 9.59 Å². The van der Waals surface area contributed by atoms with Crippen LogP contribution in [-0.2, 0) is 16.1 Å². The molecule has 6 heteroatoms. The number of hydrogen-bond donors (Lipinski definition) is 2. The van der Waals surface area contributed by atoms with Gasteiger partial charge in [-0.25, -0.2) is 0 Å². The van der Waals surface area contributed by atoms with Crippen LogP contribution < -0.4 is 15.6 Å². The topological polar surface area (TPSA) is 72.4 Å². The van der Waals surface area contributed by atoms with Gasteiger partial charge in [-0.1, -0.05) is 67.6 Å². The van der Waals surface area contributed by atoms with Gasteiger partial charge in [0.1, 0.15) is 12.3 Å². The second-order valence-corrected chi connectivity index (χ2v) is 7.45. The fraction of sp³-hybridized carbons (Fsp3) is 0.154. The van der Waals surface area contributed by atoms with Gasteiger partial charge in [0.15, 0.2) is 6.10 Å². The molecule has 0 saturated carbocycles. The highest BCUT2D eigenvalue weighted by Gasteiger charge is 2.19. The van der Waals surface area contributed by atoms with Crippen molar-refractivity contribution < 1.29 is 14.3 Å². The lowest BCUT2D eigenvalue weighted by Gasteiger charge is -2.18. The summed E-state index contributed by atoms with van der Waals surface area (Å²) in [6.07, 6.45) is 1.60. The first-order valence-electron chi connectivity index (χ1n) is 10.6. The Balaban J connectivity index is 1.31. The molecule has 162 valence electrons. The number of rotatable bonds is 7.